The number of benzene rings is 4. The summed E-state index contributed by atoms with van der Waals surface area (Å²) in [6.45, 7) is 12.4. The van der Waals surface area contributed by atoms with Crippen molar-refractivity contribution < 1.29 is 19.0 Å². The van der Waals surface area contributed by atoms with Gasteiger partial charge in [0.15, 0.2) is 5.78 Å². The Kier molecular flexibility index (Phi) is 12.3. The highest BCUT2D eigenvalue weighted by molar-refractivity contribution is 7.20. The summed E-state index contributed by atoms with van der Waals surface area (Å²) in [5.41, 5.74) is 4.66. The van der Waals surface area contributed by atoms with Crippen molar-refractivity contribution >= 4 is 27.3 Å². The average Bonchev–Trinajstić information content (AvgIpc) is 3.48. The first kappa shape index (κ1) is 35.1. The number of carbonyl (C=O) groups excluding carboxylic acids is 1. The molecule has 0 radical (unpaired) electrons. The number of unbranched alkanes of at least 4 members (excludes halogenated alkanes) is 1. The minimum Gasteiger partial charge on any atom is -0.494 e. The van der Waals surface area contributed by atoms with E-state index in [1.54, 1.807) is 0 Å². The second kappa shape index (κ2) is 16.8. The monoisotopic (exact) mass is 664 g/mol. The number of ketones is 1. The van der Waals surface area contributed by atoms with Crippen LogP contribution in [0.15, 0.2) is 97.1 Å². The van der Waals surface area contributed by atoms with E-state index in [0.717, 1.165) is 42.7 Å². The maximum Gasteiger partial charge on any atom is 0.274 e. The molecule has 5 aromatic rings. The first-order valence-electron chi connectivity index (χ1n) is 17.0. The number of Topliss-reactive ketones (excluding diaryl/α,β-unsaturated/α-hetero) is 1. The predicted molar refractivity (Wildman–Crippen MR) is 197 cm³/mol. The molecule has 0 aliphatic carbocycles. The molecule has 0 N–H and O–H groups in total. The predicted octanol–water partition coefficient (Wildman–Crippen LogP) is 9.59. The van der Waals surface area contributed by atoms with E-state index in [1.165, 1.54) is 28.0 Å². The zero-order valence-corrected chi connectivity index (χ0v) is 29.7. The summed E-state index contributed by atoms with van der Waals surface area (Å²) in [7, 11) is 0. The Morgan fingerprint density at radius 3 is 2.15 bits per heavy atom. The fraction of sp³-hybridized carbons (Fsp3) is 0.366. The van der Waals surface area contributed by atoms with Crippen LogP contribution >= 0.6 is 11.3 Å². The zero-order valence-electron chi connectivity index (χ0n) is 28.9. The van der Waals surface area contributed by atoms with Crippen LogP contribution in [0.4, 0.5) is 0 Å². The molecular formula is C41H48N2O4S. The molecule has 48 heavy (non-hydrogen) atoms. The second-order valence-electron chi connectivity index (χ2n) is 13.5. The number of hydrogen-bond donors (Lipinski definition) is 0. The van der Waals surface area contributed by atoms with E-state index in [9.17, 15) is 4.79 Å². The Labute approximate surface area is 289 Å². The van der Waals surface area contributed by atoms with Crippen molar-refractivity contribution in [3.05, 3.63) is 119 Å². The van der Waals surface area contributed by atoms with Gasteiger partial charge in [-0.25, -0.2) is 0 Å². The third-order valence-electron chi connectivity index (χ3n) is 7.77. The van der Waals surface area contributed by atoms with Gasteiger partial charge in [0.25, 0.3) is 5.19 Å². The normalized spacial score (nSPS) is 11.7. The van der Waals surface area contributed by atoms with Crippen molar-refractivity contribution in [3.63, 3.8) is 0 Å². The van der Waals surface area contributed by atoms with Gasteiger partial charge < -0.3 is 14.2 Å². The van der Waals surface area contributed by atoms with E-state index in [4.69, 9.17) is 19.2 Å². The highest BCUT2D eigenvalue weighted by Gasteiger charge is 2.23. The minimum atomic E-state index is -0.402. The lowest BCUT2D eigenvalue weighted by atomic mass is 10.1. The van der Waals surface area contributed by atoms with Crippen molar-refractivity contribution in [1.29, 1.82) is 0 Å². The van der Waals surface area contributed by atoms with Gasteiger partial charge in [0, 0.05) is 18.7 Å². The number of aromatic nitrogens is 1. The van der Waals surface area contributed by atoms with Crippen LogP contribution in [0.1, 0.15) is 74.5 Å². The van der Waals surface area contributed by atoms with Crippen molar-refractivity contribution in [2.75, 3.05) is 19.7 Å². The van der Waals surface area contributed by atoms with Crippen LogP contribution in [0.3, 0.4) is 0 Å². The highest BCUT2D eigenvalue weighted by Crippen LogP contribution is 2.38. The van der Waals surface area contributed by atoms with Gasteiger partial charge in [-0.05, 0) is 101 Å². The van der Waals surface area contributed by atoms with E-state index in [-0.39, 0.29) is 18.4 Å². The number of aryl methyl sites for hydroxylation is 1. The first-order valence-corrected chi connectivity index (χ1v) is 17.8. The Bertz CT molecular complexity index is 1730. The third kappa shape index (κ3) is 10.7. The van der Waals surface area contributed by atoms with E-state index in [0.29, 0.717) is 35.2 Å². The molecule has 0 saturated carbocycles. The molecular weight excluding hydrogens is 617 g/mol. The Morgan fingerprint density at radius 1 is 0.812 bits per heavy atom. The van der Waals surface area contributed by atoms with Crippen LogP contribution in [-0.2, 0) is 19.4 Å². The molecule has 0 atom stereocenters. The number of hydrogen-bond acceptors (Lipinski definition) is 7. The number of rotatable bonds is 17. The quantitative estimate of drug-likeness (QED) is 0.0729. The molecule has 0 fully saturated rings. The van der Waals surface area contributed by atoms with Gasteiger partial charge in [-0.1, -0.05) is 84.1 Å². The molecule has 6 nitrogen and oxygen atoms in total. The summed E-state index contributed by atoms with van der Waals surface area (Å²) >= 11 is 1.41. The fourth-order valence-corrected chi connectivity index (χ4v) is 6.58. The van der Waals surface area contributed by atoms with E-state index in [1.807, 2.05) is 65.0 Å². The number of fused-ring (bicyclic) bond motifs is 1. The van der Waals surface area contributed by atoms with Gasteiger partial charge in [-0.15, -0.1) is 0 Å². The maximum absolute atomic E-state index is 14.0. The summed E-state index contributed by atoms with van der Waals surface area (Å²) in [6.07, 6.45) is 3.99. The van der Waals surface area contributed by atoms with Crippen molar-refractivity contribution in [3.8, 4) is 16.7 Å². The van der Waals surface area contributed by atoms with Gasteiger partial charge in [0.05, 0.1) is 24.0 Å². The largest absolute Gasteiger partial charge is 0.494 e. The standard InChI is InChI=1S/C41H48N2O4S/c1-30(2)46-40-42-38-37(47-41(3,4)5)24-23-35(39(38)48-40)36(44)29-43(28-33-17-10-7-11-18-33)26-25-32-19-21-34(22-20-32)45-27-13-12-16-31-14-8-6-9-15-31/h6-11,14-15,17-24,30H,12-13,16,25-29H2,1-5H3. The number of nitrogens with zero attached hydrogens (tertiary/aromatic N) is 2. The number of thiazole rings is 1. The second-order valence-corrected chi connectivity index (χ2v) is 14.4. The topological polar surface area (TPSA) is 60.9 Å². The van der Waals surface area contributed by atoms with E-state index >= 15 is 0 Å². The maximum atomic E-state index is 14.0. The molecule has 5 rings (SSSR count). The molecule has 1 heterocycles. The lowest BCUT2D eigenvalue weighted by Crippen LogP contribution is -2.31. The van der Waals surface area contributed by atoms with Gasteiger partial charge >= 0.3 is 0 Å². The Hall–Kier alpha value is -4.20. The van der Waals surface area contributed by atoms with E-state index in [2.05, 4.69) is 71.6 Å². The lowest BCUT2D eigenvalue weighted by Gasteiger charge is -2.23. The van der Waals surface area contributed by atoms with Crippen molar-refractivity contribution in [2.24, 2.45) is 0 Å². The molecule has 1 aromatic heterocycles. The van der Waals surface area contributed by atoms with Crippen LogP contribution < -0.4 is 14.2 Å². The van der Waals surface area contributed by atoms with Crippen LogP contribution in [0, 0.1) is 0 Å². The highest BCUT2D eigenvalue weighted by atomic mass is 32.1. The van der Waals surface area contributed by atoms with Gasteiger partial charge in [-0.3, -0.25) is 9.69 Å². The summed E-state index contributed by atoms with van der Waals surface area (Å²) in [4.78, 5) is 21.0. The van der Waals surface area contributed by atoms with Gasteiger partial charge in [-0.2, -0.15) is 4.98 Å². The van der Waals surface area contributed by atoms with E-state index < -0.39 is 5.60 Å². The fourth-order valence-electron chi connectivity index (χ4n) is 5.50. The molecule has 0 unspecified atom stereocenters. The minimum absolute atomic E-state index is 0.0244. The van der Waals surface area contributed by atoms with Crippen LogP contribution in [0.2, 0.25) is 0 Å². The lowest BCUT2D eigenvalue weighted by molar-refractivity contribution is 0.0928. The molecule has 0 amide bonds. The van der Waals surface area contributed by atoms with Crippen LogP contribution in [0.25, 0.3) is 10.2 Å². The third-order valence-corrected chi connectivity index (χ3v) is 8.75. The number of ether oxygens (including phenoxy) is 3. The summed E-state index contributed by atoms with van der Waals surface area (Å²) < 4.78 is 19.0. The summed E-state index contributed by atoms with van der Waals surface area (Å²) in [5.74, 6) is 1.60. The van der Waals surface area contributed by atoms with Crippen molar-refractivity contribution in [2.45, 2.75) is 78.6 Å². The Balaban J connectivity index is 1.24. The molecule has 4 aromatic carbocycles. The smallest absolute Gasteiger partial charge is 0.274 e. The molecule has 7 heteroatoms. The average molecular weight is 665 g/mol. The molecule has 0 saturated heterocycles. The zero-order chi connectivity index (χ0) is 33.9. The van der Waals surface area contributed by atoms with Gasteiger partial charge in [0.1, 0.15) is 22.6 Å². The van der Waals surface area contributed by atoms with Gasteiger partial charge in [0.2, 0.25) is 0 Å². The molecule has 0 spiro atoms. The van der Waals surface area contributed by atoms with Crippen LogP contribution in [-0.4, -0.2) is 47.1 Å². The number of carbonyl (C=O) groups is 1. The Morgan fingerprint density at radius 2 is 1.48 bits per heavy atom. The summed E-state index contributed by atoms with van der Waals surface area (Å²) in [5, 5.41) is 0.541. The molecule has 252 valence electrons. The molecule has 0 aliphatic rings. The van der Waals surface area contributed by atoms with Crippen molar-refractivity contribution in [1.82, 2.24) is 9.88 Å². The molecule has 0 aliphatic heterocycles. The SMILES string of the molecule is CC(C)Oc1nc2c(OC(C)(C)C)ccc(C(=O)CN(CCc3ccc(OCCCCc4ccccc4)cc3)Cc3ccccc3)c2s1. The summed E-state index contributed by atoms with van der Waals surface area (Å²) in [6, 6.07) is 33.0. The first-order chi connectivity index (χ1) is 23.1. The molecule has 0 bridgehead atoms. The van der Waals surface area contributed by atoms with Crippen LogP contribution in [0.5, 0.6) is 16.7 Å².